The summed E-state index contributed by atoms with van der Waals surface area (Å²) in [6.07, 6.45) is 3.52. The lowest BCUT2D eigenvalue weighted by Gasteiger charge is -2.03. The van der Waals surface area contributed by atoms with Crippen molar-refractivity contribution in [1.29, 1.82) is 0 Å². The van der Waals surface area contributed by atoms with Gasteiger partial charge in [0.25, 0.3) is 0 Å². The molecule has 8 heteroatoms. The molecule has 0 aliphatic rings. The topological polar surface area (TPSA) is 56.5 Å². The average Bonchev–Trinajstić information content (AvgIpc) is 3.04. The Bertz CT molecular complexity index is 708. The quantitative estimate of drug-likeness (QED) is 0.694. The first-order chi connectivity index (χ1) is 9.29. The van der Waals surface area contributed by atoms with E-state index in [1.807, 2.05) is 12.3 Å². The minimum Gasteiger partial charge on any atom is -0.217 e. The molecule has 0 saturated heterocycles. The van der Waals surface area contributed by atoms with Gasteiger partial charge in [-0.05, 0) is 25.0 Å². The number of aromatic nitrogens is 5. The van der Waals surface area contributed by atoms with Crippen molar-refractivity contribution in [1.82, 2.24) is 23.7 Å². The first kappa shape index (κ1) is 12.8. The molecule has 0 unspecified atom stereocenters. The van der Waals surface area contributed by atoms with Crippen LogP contribution in [0.5, 0.6) is 0 Å². The van der Waals surface area contributed by atoms with Crippen LogP contribution in [0, 0.1) is 0 Å². The van der Waals surface area contributed by atoms with E-state index in [0.717, 1.165) is 47.0 Å². The third-order valence-electron chi connectivity index (χ3n) is 2.69. The van der Waals surface area contributed by atoms with Crippen LogP contribution in [0.15, 0.2) is 18.3 Å². The molecule has 5 nitrogen and oxygen atoms in total. The monoisotopic (exact) mass is 313 g/mol. The molecule has 0 atom stereocenters. The Kier molecular flexibility index (Phi) is 3.63. The Labute approximate surface area is 123 Å². The summed E-state index contributed by atoms with van der Waals surface area (Å²) in [6, 6.07) is 3.64. The van der Waals surface area contributed by atoms with Gasteiger partial charge in [-0.25, -0.2) is 4.68 Å². The second-order valence-electron chi connectivity index (χ2n) is 3.97. The van der Waals surface area contributed by atoms with Crippen LogP contribution in [-0.4, -0.2) is 29.6 Å². The van der Waals surface area contributed by atoms with E-state index in [0.29, 0.717) is 10.9 Å². The third-order valence-corrected chi connectivity index (χ3v) is 3.80. The smallest absolute Gasteiger partial charge is 0.132 e. The van der Waals surface area contributed by atoms with Crippen LogP contribution in [0.2, 0.25) is 5.02 Å². The molecule has 0 fully saturated rings. The highest BCUT2D eigenvalue weighted by Crippen LogP contribution is 2.27. The normalized spacial score (nSPS) is 11.3. The lowest BCUT2D eigenvalue weighted by atomic mass is 10.2. The van der Waals surface area contributed by atoms with Gasteiger partial charge in [0.2, 0.25) is 0 Å². The van der Waals surface area contributed by atoms with Gasteiger partial charge in [-0.3, -0.25) is 0 Å². The van der Waals surface area contributed by atoms with E-state index in [4.69, 9.17) is 23.2 Å². The molecule has 0 N–H and O–H groups in total. The Balaban J connectivity index is 2.05. The number of benzene rings is 1. The van der Waals surface area contributed by atoms with Crippen molar-refractivity contribution in [2.24, 2.45) is 0 Å². The number of nitrogens with zero attached hydrogens (tertiary/aromatic N) is 5. The molecule has 0 spiro atoms. The van der Waals surface area contributed by atoms with Crippen molar-refractivity contribution in [3.63, 3.8) is 0 Å². The predicted octanol–water partition coefficient (Wildman–Crippen LogP) is 3.10. The molecule has 0 radical (unpaired) electrons. The number of aryl methyl sites for hydroxylation is 1. The molecule has 98 valence electrons. The van der Waals surface area contributed by atoms with Crippen LogP contribution in [0.3, 0.4) is 0 Å². The van der Waals surface area contributed by atoms with Crippen molar-refractivity contribution in [3.05, 3.63) is 29.0 Å². The predicted molar refractivity (Wildman–Crippen MR) is 76.4 cm³/mol. The zero-order valence-corrected chi connectivity index (χ0v) is 12.1. The van der Waals surface area contributed by atoms with E-state index in [1.165, 1.54) is 0 Å². The van der Waals surface area contributed by atoms with E-state index in [1.54, 1.807) is 10.7 Å². The standard InChI is InChI=1S/C11H9Cl2N5S/c12-5-1-2-7-6-18(17-14-7)11-8(13)3-4-9-10(11)16-19-15-9/h3-4,6H,1-2,5H2. The Morgan fingerprint density at radius 2 is 2.16 bits per heavy atom. The molecule has 0 aliphatic heterocycles. The number of hydrogen-bond donors (Lipinski definition) is 0. The van der Waals surface area contributed by atoms with Gasteiger partial charge in [0, 0.05) is 5.88 Å². The van der Waals surface area contributed by atoms with Gasteiger partial charge in [-0.1, -0.05) is 16.8 Å². The SMILES string of the molecule is ClCCCc1cn(-c2c(Cl)ccc3nsnc23)nn1. The van der Waals surface area contributed by atoms with Crippen molar-refractivity contribution in [3.8, 4) is 5.69 Å². The van der Waals surface area contributed by atoms with E-state index in [9.17, 15) is 0 Å². The fourth-order valence-corrected chi connectivity index (χ4v) is 2.71. The molecule has 0 aliphatic carbocycles. The zero-order valence-electron chi connectivity index (χ0n) is 9.75. The van der Waals surface area contributed by atoms with E-state index in [-0.39, 0.29) is 0 Å². The van der Waals surface area contributed by atoms with Crippen LogP contribution in [-0.2, 0) is 6.42 Å². The lowest BCUT2D eigenvalue weighted by molar-refractivity contribution is 0.795. The second-order valence-corrected chi connectivity index (χ2v) is 5.29. The molecule has 2 aromatic heterocycles. The van der Waals surface area contributed by atoms with Crippen LogP contribution < -0.4 is 0 Å². The summed E-state index contributed by atoms with van der Waals surface area (Å²) in [5.74, 6) is 0.610. The van der Waals surface area contributed by atoms with Crippen molar-refractivity contribution in [2.45, 2.75) is 12.8 Å². The number of halogens is 2. The van der Waals surface area contributed by atoms with Crippen LogP contribution in [0.1, 0.15) is 12.1 Å². The maximum absolute atomic E-state index is 6.24. The van der Waals surface area contributed by atoms with Gasteiger partial charge in [0.05, 0.1) is 28.6 Å². The lowest BCUT2D eigenvalue weighted by Crippen LogP contribution is -1.97. The number of fused-ring (bicyclic) bond motifs is 1. The van der Waals surface area contributed by atoms with E-state index < -0.39 is 0 Å². The van der Waals surface area contributed by atoms with Gasteiger partial charge in [0.1, 0.15) is 16.7 Å². The van der Waals surface area contributed by atoms with Gasteiger partial charge in [-0.15, -0.1) is 16.7 Å². The van der Waals surface area contributed by atoms with Gasteiger partial charge >= 0.3 is 0 Å². The van der Waals surface area contributed by atoms with Gasteiger partial charge in [0.15, 0.2) is 0 Å². The van der Waals surface area contributed by atoms with Crippen molar-refractivity contribution >= 4 is 46.0 Å². The summed E-state index contributed by atoms with van der Waals surface area (Å²) >= 11 is 13.1. The Hall–Kier alpha value is -1.24. The highest BCUT2D eigenvalue weighted by atomic mass is 35.5. The Morgan fingerprint density at radius 1 is 1.26 bits per heavy atom. The number of alkyl halides is 1. The average molecular weight is 314 g/mol. The molecule has 19 heavy (non-hydrogen) atoms. The highest BCUT2D eigenvalue weighted by Gasteiger charge is 2.13. The summed E-state index contributed by atoms with van der Waals surface area (Å²) in [6.45, 7) is 0. The van der Waals surface area contributed by atoms with Crippen LogP contribution in [0.4, 0.5) is 0 Å². The second kappa shape index (κ2) is 5.40. The molecule has 0 saturated carbocycles. The summed E-state index contributed by atoms with van der Waals surface area (Å²) in [4.78, 5) is 0. The third kappa shape index (κ3) is 2.43. The molecule has 0 bridgehead atoms. The molecular weight excluding hydrogens is 305 g/mol. The zero-order chi connectivity index (χ0) is 13.2. The number of rotatable bonds is 4. The maximum Gasteiger partial charge on any atom is 0.132 e. The summed E-state index contributed by atoms with van der Waals surface area (Å²) in [5, 5.41) is 8.80. The molecule has 3 rings (SSSR count). The molecule has 1 aromatic carbocycles. The fraction of sp³-hybridized carbons (Fsp3) is 0.273. The highest BCUT2D eigenvalue weighted by molar-refractivity contribution is 7.00. The van der Waals surface area contributed by atoms with Gasteiger partial charge < -0.3 is 0 Å². The fourth-order valence-electron chi connectivity index (χ4n) is 1.80. The Morgan fingerprint density at radius 3 is 3.00 bits per heavy atom. The van der Waals surface area contributed by atoms with Crippen LogP contribution >= 0.6 is 34.9 Å². The van der Waals surface area contributed by atoms with Crippen molar-refractivity contribution < 1.29 is 0 Å². The van der Waals surface area contributed by atoms with E-state index >= 15 is 0 Å². The molecule has 0 amide bonds. The van der Waals surface area contributed by atoms with Crippen molar-refractivity contribution in [2.75, 3.05) is 5.88 Å². The summed E-state index contributed by atoms with van der Waals surface area (Å²) in [5.41, 5.74) is 3.16. The minimum absolute atomic E-state index is 0.578. The molecule has 2 heterocycles. The van der Waals surface area contributed by atoms with E-state index in [2.05, 4.69) is 19.1 Å². The minimum atomic E-state index is 0.578. The maximum atomic E-state index is 6.24. The molecular formula is C11H9Cl2N5S. The molecule has 3 aromatic rings. The largest absolute Gasteiger partial charge is 0.217 e. The summed E-state index contributed by atoms with van der Waals surface area (Å²) < 4.78 is 10.1. The van der Waals surface area contributed by atoms with Crippen LogP contribution in [0.25, 0.3) is 16.7 Å². The first-order valence-electron chi connectivity index (χ1n) is 5.68. The first-order valence-corrected chi connectivity index (χ1v) is 7.32. The summed E-state index contributed by atoms with van der Waals surface area (Å²) in [7, 11) is 0. The number of hydrogen-bond acceptors (Lipinski definition) is 5. The van der Waals surface area contributed by atoms with Gasteiger partial charge in [-0.2, -0.15) is 8.75 Å².